The van der Waals surface area contributed by atoms with E-state index in [1.165, 1.54) is 54.5 Å². The van der Waals surface area contributed by atoms with Gasteiger partial charge in [-0.15, -0.1) is 0 Å². The zero-order chi connectivity index (χ0) is 97.8. The van der Waals surface area contributed by atoms with Gasteiger partial charge in [-0.2, -0.15) is 34.9 Å². The number of nitrogen functional groups attached to an aromatic ring is 7. The minimum absolute atomic E-state index is 0.0184. The highest BCUT2D eigenvalue weighted by atomic mass is 35.5. The minimum Gasteiger partial charge on any atom is -0.382 e. The molecule has 50 nitrogen and oxygen atoms in total. The first kappa shape index (κ1) is 102. The standard InChI is InChI=1S/2C13H17ClFN6O4PS.3C13H16ClFN5O5PS/c2*1-5(2)24-26(27)22-3-6-8(25-26)13(14,15)11(23-6)21-4-18-7-9(16)19-12(17)20-10(7)21;3*1-5(2)24-26(27)22-3-6-8(25-26)13(14,15)11(23-6)20-4-17-7-9(20)18-12(16)19-10(7)21/h2*4-6,8,11H,3H2,1-2H3,(H4,16,17,19,20);3*4-6,8,11H,3H2,1-2H3,(H3,16,18,19,21)/t6-,8-,11-,13-,26+;6-,8-,11-,13-,26-;6-,8-,11-,13-,26?;6-,8-,11-,13-,26+;6-,8-,11-,13-,26-/m11111/s1. The van der Waals surface area contributed by atoms with Crippen molar-refractivity contribution in [3.8, 4) is 0 Å². The molecule has 0 bridgehead atoms. The Bertz CT molecular complexity index is 6160. The predicted octanol–water partition coefficient (Wildman–Crippen LogP) is 8.42. The zero-order valence-corrected chi connectivity index (χ0v) is 83.4. The Morgan fingerprint density at radius 1 is 0.341 bits per heavy atom. The largest absolute Gasteiger partial charge is 0.382 e. The molecule has 740 valence electrons. The molecule has 10 saturated heterocycles. The molecule has 20 heterocycles. The van der Waals surface area contributed by atoms with Gasteiger partial charge >= 0.3 is 33.6 Å². The maximum atomic E-state index is 15.6. The lowest BCUT2D eigenvalue weighted by atomic mass is 10.1. The van der Waals surface area contributed by atoms with Crippen LogP contribution >= 0.6 is 91.6 Å². The molecule has 0 saturated carbocycles. The Labute approximate surface area is 806 Å². The molecule has 10 aromatic heterocycles. The summed E-state index contributed by atoms with van der Waals surface area (Å²) in [5.74, 6) is -0.497. The summed E-state index contributed by atoms with van der Waals surface area (Å²) in [7, 11) is 0. The van der Waals surface area contributed by atoms with Gasteiger partial charge in [0.25, 0.3) is 42.3 Å². The molecule has 70 heteroatoms. The van der Waals surface area contributed by atoms with Crippen molar-refractivity contribution in [2.75, 3.05) is 73.2 Å². The van der Waals surface area contributed by atoms with Crippen LogP contribution in [0.4, 0.5) is 63.3 Å². The molecule has 17 N–H and O–H groups in total. The van der Waals surface area contributed by atoms with Crippen LogP contribution in [0.2, 0.25) is 0 Å². The molecule has 0 radical (unpaired) electrons. The molecule has 1 unspecified atom stereocenters. The van der Waals surface area contributed by atoms with Crippen molar-refractivity contribution >= 4 is 248 Å². The molecule has 0 amide bonds. The van der Waals surface area contributed by atoms with Gasteiger partial charge < -0.3 is 109 Å². The van der Waals surface area contributed by atoms with E-state index in [2.05, 4.69) is 74.8 Å². The SMILES string of the molecule is CC(C)OP1(=S)OC[C@H]2O[C@@H](n3cnc4c(=O)[nH]c(N)nc43)[C@@](F)(Cl)[C@@H]2O1.CC(C)O[P@@]1(=S)OC[C@H]2O[C@@H](n3cnc4c(=O)[nH]c(N)nc43)[C@@](F)(Cl)[C@@H]2O1.CC(C)O[P@@]1(=S)OC[C@H]2O[C@@H](n3cnc4c(N)nc(N)nc43)[C@@](F)(Cl)[C@@H]2O1.CC(C)O[P@]1(=S)OC[C@H]2O[C@@H](n3cnc4c(=O)[nH]c(N)nc43)[C@@](F)(Cl)[C@@H]2O1.CC(C)O[P@]1(=S)OC[C@H]2O[C@@H](n3cnc4c(N)nc(N)nc43)[C@@](F)(Cl)[C@@H]2O1. The van der Waals surface area contributed by atoms with E-state index in [0.29, 0.717) is 0 Å². The smallest absolute Gasteiger partial charge is 0.328 e. The van der Waals surface area contributed by atoms with Crippen LogP contribution in [-0.4, -0.2) is 248 Å². The van der Waals surface area contributed by atoms with E-state index in [9.17, 15) is 14.4 Å². The number of H-pyrrole nitrogens is 3. The third-order valence-electron chi connectivity index (χ3n) is 20.2. The van der Waals surface area contributed by atoms with Gasteiger partial charge in [-0.1, -0.05) is 58.0 Å². The highest BCUT2D eigenvalue weighted by Crippen LogP contribution is 2.67. The number of hydrogen-bond donors (Lipinski definition) is 10. The van der Waals surface area contributed by atoms with E-state index in [0.717, 1.165) is 0 Å². The molecular formula is C65H82Cl5F5N27O23P5S5. The lowest BCUT2D eigenvalue weighted by molar-refractivity contribution is -0.0636. The van der Waals surface area contributed by atoms with Crippen molar-refractivity contribution in [2.45, 2.75) is 218 Å². The van der Waals surface area contributed by atoms with Gasteiger partial charge in [0.1, 0.15) is 72.1 Å². The average Bonchev–Trinajstić information content (AvgIpc) is 1.60. The summed E-state index contributed by atoms with van der Waals surface area (Å²) in [6, 6.07) is 0. The third-order valence-corrected chi connectivity index (χ3v) is 34.5. The lowest BCUT2D eigenvalue weighted by Crippen LogP contribution is -2.43. The van der Waals surface area contributed by atoms with Crippen LogP contribution in [-0.2, 0) is 151 Å². The van der Waals surface area contributed by atoms with E-state index in [1.54, 1.807) is 69.2 Å². The maximum absolute atomic E-state index is 15.6. The van der Waals surface area contributed by atoms with Crippen LogP contribution in [0.3, 0.4) is 0 Å². The van der Waals surface area contributed by atoms with Crippen LogP contribution in [0.1, 0.15) is 100 Å². The molecule has 25 atom stereocenters. The van der Waals surface area contributed by atoms with Crippen molar-refractivity contribution < 1.29 is 113 Å². The van der Waals surface area contributed by atoms with Crippen LogP contribution < -0.4 is 56.8 Å². The molecule has 10 aliphatic heterocycles. The number of alkyl halides is 10. The fourth-order valence-electron chi connectivity index (χ4n) is 15.0. The number of halogens is 10. The lowest BCUT2D eigenvalue weighted by Gasteiger charge is -2.35. The van der Waals surface area contributed by atoms with Crippen LogP contribution in [0, 0.1) is 0 Å². The minimum atomic E-state index is -3.17. The Morgan fingerprint density at radius 2 is 0.526 bits per heavy atom. The van der Waals surface area contributed by atoms with Crippen LogP contribution in [0.15, 0.2) is 46.0 Å². The summed E-state index contributed by atoms with van der Waals surface area (Å²) in [5, 5.41) is -12.6. The topological polar surface area (TPSA) is 645 Å². The number of ether oxygens (including phenoxy) is 5. The van der Waals surface area contributed by atoms with Gasteiger partial charge in [0, 0.05) is 0 Å². The molecule has 10 fully saturated rings. The Morgan fingerprint density at radius 3 is 0.719 bits per heavy atom. The summed E-state index contributed by atoms with van der Waals surface area (Å²) in [6.07, 6.45) is -12.1. The van der Waals surface area contributed by atoms with E-state index < -0.39 is 168 Å². The fourth-order valence-corrected chi connectivity index (χ4v) is 29.8. The second-order valence-electron chi connectivity index (χ2n) is 32.0. The number of nitrogens with two attached hydrogens (primary N) is 7. The molecule has 20 rings (SSSR count). The first-order chi connectivity index (χ1) is 63.0. The van der Waals surface area contributed by atoms with E-state index in [1.807, 2.05) is 0 Å². The molecule has 0 aliphatic carbocycles. The monoisotopic (exact) mass is 2190 g/mol. The van der Waals surface area contributed by atoms with Gasteiger partial charge in [0.05, 0.1) is 95.2 Å². The van der Waals surface area contributed by atoms with Crippen molar-refractivity contribution in [1.29, 1.82) is 0 Å². The van der Waals surface area contributed by atoms with Crippen LogP contribution in [0.5, 0.6) is 0 Å². The number of fused-ring (bicyclic) bond motifs is 10. The summed E-state index contributed by atoms with van der Waals surface area (Å²) in [5.41, 5.74) is 38.8. The second-order valence-corrected chi connectivity index (χ2v) is 49.5. The highest BCUT2D eigenvalue weighted by molar-refractivity contribution is 8.09. The fraction of sp³-hybridized carbons (Fsp3) is 0.615. The Hall–Kier alpha value is -5.70. The number of hydrogen-bond acceptors (Lipinski definition) is 47. The van der Waals surface area contributed by atoms with Gasteiger partial charge in [-0.3, -0.25) is 74.8 Å². The highest BCUT2D eigenvalue weighted by Gasteiger charge is 2.68. The first-order valence-corrected chi connectivity index (χ1v) is 54.6. The second kappa shape index (κ2) is 37.9. The van der Waals surface area contributed by atoms with Crippen molar-refractivity contribution in [3.63, 3.8) is 0 Å². The van der Waals surface area contributed by atoms with Crippen molar-refractivity contribution in [2.24, 2.45) is 0 Å². The number of anilines is 7. The van der Waals surface area contributed by atoms with Gasteiger partial charge in [-0.05, 0) is 128 Å². The predicted molar refractivity (Wildman–Crippen MR) is 491 cm³/mol. The molecule has 0 aromatic carbocycles. The molecule has 10 aliphatic rings. The number of aromatic amines is 3. The summed E-state index contributed by atoms with van der Waals surface area (Å²) in [4.78, 5) is 90.5. The number of rotatable bonds is 15. The molecule has 10 aromatic rings. The van der Waals surface area contributed by atoms with Gasteiger partial charge in [0.2, 0.25) is 29.7 Å². The maximum Gasteiger partial charge on any atom is 0.328 e. The van der Waals surface area contributed by atoms with E-state index >= 15 is 22.0 Å². The first-order valence-electron chi connectivity index (χ1n) is 39.9. The Kier molecular flexibility index (Phi) is 28.7. The summed E-state index contributed by atoms with van der Waals surface area (Å²) in [6.45, 7) is 1.65. The van der Waals surface area contributed by atoms with Gasteiger partial charge in [-0.25, -0.2) is 46.9 Å². The summed E-state index contributed by atoms with van der Waals surface area (Å²) < 4.78 is 196. The quantitative estimate of drug-likeness (QED) is 0.0261. The van der Waals surface area contributed by atoms with Crippen LogP contribution in [0.25, 0.3) is 55.8 Å². The number of imidazole rings is 5. The Balaban J connectivity index is 0.000000123. The van der Waals surface area contributed by atoms with Crippen molar-refractivity contribution in [1.82, 2.24) is 97.6 Å². The van der Waals surface area contributed by atoms with E-state index in [-0.39, 0.29) is 161 Å². The van der Waals surface area contributed by atoms with Gasteiger partial charge in [0.15, 0.2) is 87.6 Å². The number of nitrogens with zero attached hydrogens (tertiary/aromatic N) is 17. The average molecular weight is 2200 g/mol. The third kappa shape index (κ3) is 20.1. The van der Waals surface area contributed by atoms with E-state index in [4.69, 9.17) is 249 Å². The molecule has 135 heavy (non-hydrogen) atoms. The number of nitrogens with one attached hydrogen (secondary N) is 3. The van der Waals surface area contributed by atoms with Crippen molar-refractivity contribution in [3.05, 3.63) is 62.7 Å². The zero-order valence-electron chi connectivity index (χ0n) is 71.1. The molecule has 0 spiro atoms. The summed E-state index contributed by atoms with van der Waals surface area (Å²) >= 11 is 57.5. The number of aromatic nitrogens is 20. The normalized spacial score (nSPS) is 36.4. The molecular weight excluding hydrogens is 2110 g/mol.